The molecule has 0 fully saturated rings. The number of hydrogen-bond donors (Lipinski definition) is 0. The van der Waals surface area contributed by atoms with E-state index in [1.54, 1.807) is 0 Å². The summed E-state index contributed by atoms with van der Waals surface area (Å²) in [5.74, 6) is 0.545. The van der Waals surface area contributed by atoms with Crippen LogP contribution in [0.5, 0.6) is 0 Å². The molecule has 0 aliphatic heterocycles. The summed E-state index contributed by atoms with van der Waals surface area (Å²) >= 11 is 9.40. The Kier molecular flexibility index (Phi) is 6.30. The molecule has 0 bridgehead atoms. The van der Waals surface area contributed by atoms with Crippen LogP contribution in [0.15, 0.2) is 30.3 Å². The van der Waals surface area contributed by atoms with Gasteiger partial charge in [0.1, 0.15) is 0 Å². The van der Waals surface area contributed by atoms with E-state index in [2.05, 4.69) is 35.0 Å². The van der Waals surface area contributed by atoms with Gasteiger partial charge < -0.3 is 4.74 Å². The lowest BCUT2D eigenvalue weighted by atomic mass is 10.1. The number of halogens is 2. The molecule has 0 saturated carbocycles. The van der Waals surface area contributed by atoms with Gasteiger partial charge in [0.05, 0.1) is 10.9 Å². The Balaban J connectivity index is 2.72. The molecular weight excluding hydrogens is 275 g/mol. The molecule has 1 aromatic rings. The number of alkyl halides is 2. The molecule has 84 valence electrons. The van der Waals surface area contributed by atoms with Gasteiger partial charge in [0.25, 0.3) is 0 Å². The van der Waals surface area contributed by atoms with Crippen molar-refractivity contribution in [2.45, 2.75) is 24.3 Å². The normalized spacial score (nSPS) is 14.9. The predicted octanol–water partition coefficient (Wildman–Crippen LogP) is 4.16. The van der Waals surface area contributed by atoms with Crippen molar-refractivity contribution in [3.05, 3.63) is 35.9 Å². The van der Waals surface area contributed by atoms with Gasteiger partial charge in [-0.2, -0.15) is 0 Å². The summed E-state index contributed by atoms with van der Waals surface area (Å²) in [5.41, 5.74) is 1.17. The second kappa shape index (κ2) is 7.26. The highest BCUT2D eigenvalue weighted by Gasteiger charge is 2.20. The van der Waals surface area contributed by atoms with Crippen LogP contribution < -0.4 is 0 Å². The zero-order valence-corrected chi connectivity index (χ0v) is 11.2. The molecule has 0 amide bonds. The fourth-order valence-electron chi connectivity index (χ4n) is 1.38. The second-order valence-corrected chi connectivity index (χ2v) is 4.86. The lowest BCUT2D eigenvalue weighted by Crippen LogP contribution is -2.18. The van der Waals surface area contributed by atoms with Crippen LogP contribution in [0, 0.1) is 0 Å². The van der Waals surface area contributed by atoms with Gasteiger partial charge in [-0.25, -0.2) is 0 Å². The third kappa shape index (κ3) is 4.13. The molecule has 0 heterocycles. The Bertz CT molecular complexity index is 266. The Hall–Kier alpha value is -0.0500. The molecule has 0 radical (unpaired) electrons. The Morgan fingerprint density at radius 1 is 1.33 bits per heavy atom. The van der Waals surface area contributed by atoms with Crippen molar-refractivity contribution in [2.24, 2.45) is 0 Å². The monoisotopic (exact) mass is 290 g/mol. The summed E-state index contributed by atoms with van der Waals surface area (Å²) in [7, 11) is 0. The SMILES string of the molecule is CCCOC(c1ccccc1)C(Br)CCl. The molecule has 0 aromatic heterocycles. The minimum Gasteiger partial charge on any atom is -0.372 e. The van der Waals surface area contributed by atoms with Gasteiger partial charge in [0.15, 0.2) is 0 Å². The number of benzene rings is 1. The van der Waals surface area contributed by atoms with Gasteiger partial charge in [0.2, 0.25) is 0 Å². The lowest BCUT2D eigenvalue weighted by molar-refractivity contribution is 0.0561. The van der Waals surface area contributed by atoms with E-state index >= 15 is 0 Å². The van der Waals surface area contributed by atoms with Crippen molar-refractivity contribution < 1.29 is 4.74 Å². The maximum absolute atomic E-state index is 5.85. The summed E-state index contributed by atoms with van der Waals surface area (Å²) in [6, 6.07) is 10.2. The number of hydrogen-bond acceptors (Lipinski definition) is 1. The molecular formula is C12H16BrClO. The smallest absolute Gasteiger partial charge is 0.0961 e. The lowest BCUT2D eigenvalue weighted by Gasteiger charge is -2.21. The van der Waals surface area contributed by atoms with Crippen LogP contribution in [0.2, 0.25) is 0 Å². The molecule has 3 heteroatoms. The summed E-state index contributed by atoms with van der Waals surface area (Å²) in [6.45, 7) is 2.87. The Morgan fingerprint density at radius 3 is 2.53 bits per heavy atom. The Morgan fingerprint density at radius 2 is 2.00 bits per heavy atom. The summed E-state index contributed by atoms with van der Waals surface area (Å²) < 4.78 is 5.80. The van der Waals surface area contributed by atoms with E-state index in [1.165, 1.54) is 5.56 Å². The largest absolute Gasteiger partial charge is 0.372 e. The van der Waals surface area contributed by atoms with Crippen molar-refractivity contribution in [1.29, 1.82) is 0 Å². The average molecular weight is 292 g/mol. The fraction of sp³-hybridized carbons (Fsp3) is 0.500. The summed E-state index contributed by atoms with van der Waals surface area (Å²) in [4.78, 5) is 0.160. The highest BCUT2D eigenvalue weighted by molar-refractivity contribution is 9.09. The minimum absolute atomic E-state index is 0.0450. The van der Waals surface area contributed by atoms with E-state index < -0.39 is 0 Å². The van der Waals surface area contributed by atoms with E-state index in [4.69, 9.17) is 16.3 Å². The highest BCUT2D eigenvalue weighted by Crippen LogP contribution is 2.27. The zero-order chi connectivity index (χ0) is 11.1. The van der Waals surface area contributed by atoms with Crippen molar-refractivity contribution in [3.8, 4) is 0 Å². The van der Waals surface area contributed by atoms with E-state index in [0.29, 0.717) is 5.88 Å². The topological polar surface area (TPSA) is 9.23 Å². The van der Waals surface area contributed by atoms with Gasteiger partial charge in [-0.15, -0.1) is 11.6 Å². The summed E-state index contributed by atoms with van der Waals surface area (Å²) in [5, 5.41) is 0. The number of ether oxygens (including phenoxy) is 1. The first-order chi connectivity index (χ1) is 7.29. The van der Waals surface area contributed by atoms with E-state index in [0.717, 1.165) is 13.0 Å². The van der Waals surface area contributed by atoms with Gasteiger partial charge >= 0.3 is 0 Å². The molecule has 1 aromatic carbocycles. The van der Waals surface area contributed by atoms with Gasteiger partial charge in [0, 0.05) is 12.5 Å². The molecule has 2 atom stereocenters. The zero-order valence-electron chi connectivity index (χ0n) is 8.83. The molecule has 0 aliphatic rings. The standard InChI is InChI=1S/C12H16BrClO/c1-2-8-15-12(11(13)9-14)10-6-4-3-5-7-10/h3-7,11-12H,2,8-9H2,1H3. The highest BCUT2D eigenvalue weighted by atomic mass is 79.9. The van der Waals surface area contributed by atoms with Crippen LogP contribution in [0.3, 0.4) is 0 Å². The third-order valence-electron chi connectivity index (χ3n) is 2.11. The first-order valence-corrected chi connectivity index (χ1v) is 6.61. The maximum Gasteiger partial charge on any atom is 0.0961 e. The van der Waals surface area contributed by atoms with Crippen molar-refractivity contribution in [1.82, 2.24) is 0 Å². The molecule has 0 saturated heterocycles. The predicted molar refractivity (Wildman–Crippen MR) is 68.9 cm³/mol. The van der Waals surface area contributed by atoms with Crippen LogP contribution in [0.1, 0.15) is 25.0 Å². The number of rotatable bonds is 6. The molecule has 0 N–H and O–H groups in total. The van der Waals surface area contributed by atoms with Crippen molar-refractivity contribution >= 4 is 27.5 Å². The second-order valence-electron chi connectivity index (χ2n) is 3.37. The third-order valence-corrected chi connectivity index (χ3v) is 3.61. The van der Waals surface area contributed by atoms with E-state index in [9.17, 15) is 0 Å². The molecule has 2 unspecified atom stereocenters. The van der Waals surface area contributed by atoms with Crippen LogP contribution in [0.4, 0.5) is 0 Å². The van der Waals surface area contributed by atoms with E-state index in [-0.39, 0.29) is 10.9 Å². The van der Waals surface area contributed by atoms with Crippen molar-refractivity contribution in [3.63, 3.8) is 0 Å². The van der Waals surface area contributed by atoms with Crippen LogP contribution in [-0.2, 0) is 4.74 Å². The maximum atomic E-state index is 5.85. The summed E-state index contributed by atoms with van der Waals surface area (Å²) in [6.07, 6.45) is 1.06. The van der Waals surface area contributed by atoms with Gasteiger partial charge in [-0.1, -0.05) is 53.2 Å². The fourth-order valence-corrected chi connectivity index (χ4v) is 2.00. The molecule has 1 nitrogen and oxygen atoms in total. The van der Waals surface area contributed by atoms with E-state index in [1.807, 2.05) is 18.2 Å². The van der Waals surface area contributed by atoms with Crippen LogP contribution in [0.25, 0.3) is 0 Å². The van der Waals surface area contributed by atoms with Crippen molar-refractivity contribution in [2.75, 3.05) is 12.5 Å². The molecule has 1 rings (SSSR count). The quantitative estimate of drug-likeness (QED) is 0.715. The first-order valence-electron chi connectivity index (χ1n) is 5.16. The molecule has 15 heavy (non-hydrogen) atoms. The average Bonchev–Trinajstić information content (AvgIpc) is 2.30. The molecule has 0 spiro atoms. The van der Waals surface area contributed by atoms with Crippen LogP contribution in [-0.4, -0.2) is 17.3 Å². The molecule has 0 aliphatic carbocycles. The Labute approximate surface area is 105 Å². The van der Waals surface area contributed by atoms with Crippen LogP contribution >= 0.6 is 27.5 Å². The van der Waals surface area contributed by atoms with Gasteiger partial charge in [-0.3, -0.25) is 0 Å². The van der Waals surface area contributed by atoms with Gasteiger partial charge in [-0.05, 0) is 12.0 Å². The first kappa shape index (κ1) is 13.0. The minimum atomic E-state index is 0.0450.